The van der Waals surface area contributed by atoms with Crippen LogP contribution < -0.4 is 5.32 Å². The summed E-state index contributed by atoms with van der Waals surface area (Å²) in [6.45, 7) is 4.95. The predicted octanol–water partition coefficient (Wildman–Crippen LogP) is 1.42. The van der Waals surface area contributed by atoms with Gasteiger partial charge in [-0.05, 0) is 19.3 Å². The first-order valence-corrected chi connectivity index (χ1v) is 9.67. The second-order valence-corrected chi connectivity index (χ2v) is 8.61. The fraction of sp³-hybridized carbons (Fsp3) is 1.00. The molecule has 0 aromatic rings. The van der Waals surface area contributed by atoms with Crippen molar-refractivity contribution in [2.24, 2.45) is 0 Å². The molecule has 1 N–H and O–H groups in total. The summed E-state index contributed by atoms with van der Waals surface area (Å²) in [5, 5.41) is 3.67. The molecule has 112 valence electrons. The molecule has 1 spiro atoms. The lowest BCUT2D eigenvalue weighted by Gasteiger charge is -2.52. The molecule has 4 nitrogen and oxygen atoms in total. The van der Waals surface area contributed by atoms with E-state index in [9.17, 15) is 8.42 Å². The van der Waals surface area contributed by atoms with Gasteiger partial charge in [-0.15, -0.1) is 0 Å². The van der Waals surface area contributed by atoms with Crippen molar-refractivity contribution in [1.82, 2.24) is 10.2 Å². The molecule has 2 rings (SSSR count). The zero-order valence-corrected chi connectivity index (χ0v) is 13.1. The summed E-state index contributed by atoms with van der Waals surface area (Å²) in [7, 11) is -2.87. The highest BCUT2D eigenvalue weighted by Crippen LogP contribution is 2.35. The Balaban J connectivity index is 2.06. The van der Waals surface area contributed by atoms with E-state index in [-0.39, 0.29) is 5.54 Å². The number of nitrogens with zero attached hydrogens (tertiary/aromatic N) is 1. The predicted molar refractivity (Wildman–Crippen MR) is 79.2 cm³/mol. The summed E-state index contributed by atoms with van der Waals surface area (Å²) in [6, 6.07) is 0.520. The maximum absolute atomic E-state index is 11.5. The van der Waals surface area contributed by atoms with Gasteiger partial charge >= 0.3 is 0 Å². The lowest BCUT2D eigenvalue weighted by Crippen LogP contribution is -2.65. The van der Waals surface area contributed by atoms with E-state index in [1.165, 1.54) is 38.4 Å². The van der Waals surface area contributed by atoms with Crippen molar-refractivity contribution in [3.05, 3.63) is 0 Å². The number of hydrogen-bond donors (Lipinski definition) is 1. The Kier molecular flexibility index (Phi) is 4.90. The zero-order chi connectivity index (χ0) is 13.9. The normalized spacial score (nSPS) is 28.6. The molecule has 0 aromatic heterocycles. The van der Waals surface area contributed by atoms with Crippen molar-refractivity contribution in [3.8, 4) is 0 Å². The maximum Gasteiger partial charge on any atom is 0.148 e. The van der Waals surface area contributed by atoms with Gasteiger partial charge in [0.2, 0.25) is 0 Å². The smallest absolute Gasteiger partial charge is 0.148 e. The highest BCUT2D eigenvalue weighted by Gasteiger charge is 2.41. The molecule has 19 heavy (non-hydrogen) atoms. The molecule has 0 amide bonds. The number of nitrogens with one attached hydrogen (secondary N) is 1. The molecule has 1 unspecified atom stereocenters. The molecule has 2 aliphatic rings. The van der Waals surface area contributed by atoms with Gasteiger partial charge in [-0.3, -0.25) is 4.90 Å². The van der Waals surface area contributed by atoms with E-state index in [1.54, 1.807) is 0 Å². The van der Waals surface area contributed by atoms with E-state index in [4.69, 9.17) is 0 Å². The molecular weight excluding hydrogens is 260 g/mol. The summed E-state index contributed by atoms with van der Waals surface area (Å²) < 4.78 is 22.9. The van der Waals surface area contributed by atoms with Crippen LogP contribution in [0.3, 0.4) is 0 Å². The second kappa shape index (κ2) is 6.10. The van der Waals surface area contributed by atoms with Gasteiger partial charge in [-0.25, -0.2) is 8.42 Å². The van der Waals surface area contributed by atoms with Gasteiger partial charge in [-0.1, -0.05) is 26.2 Å². The molecule has 1 aliphatic heterocycles. The first kappa shape index (κ1) is 15.3. The molecule has 0 aromatic carbocycles. The van der Waals surface area contributed by atoms with Gasteiger partial charge in [0.1, 0.15) is 9.84 Å². The number of piperazine rings is 1. The quantitative estimate of drug-likeness (QED) is 0.850. The van der Waals surface area contributed by atoms with Crippen LogP contribution in [0.1, 0.15) is 45.4 Å². The van der Waals surface area contributed by atoms with E-state index in [1.807, 2.05) is 0 Å². The molecule has 1 heterocycles. The first-order chi connectivity index (χ1) is 8.95. The van der Waals surface area contributed by atoms with Crippen LogP contribution in [0.2, 0.25) is 0 Å². The van der Waals surface area contributed by atoms with Crippen LogP contribution >= 0.6 is 0 Å². The Morgan fingerprint density at radius 3 is 2.53 bits per heavy atom. The van der Waals surface area contributed by atoms with Gasteiger partial charge < -0.3 is 5.32 Å². The van der Waals surface area contributed by atoms with Crippen LogP contribution in [0.5, 0.6) is 0 Å². The number of rotatable bonds is 4. The fourth-order valence-corrected chi connectivity index (χ4v) is 4.10. The van der Waals surface area contributed by atoms with Gasteiger partial charge in [-0.2, -0.15) is 0 Å². The molecule has 1 aliphatic carbocycles. The Labute approximate surface area is 117 Å². The molecule has 0 radical (unpaired) electrons. The van der Waals surface area contributed by atoms with E-state index in [0.717, 1.165) is 19.5 Å². The minimum Gasteiger partial charge on any atom is -0.311 e. The third-order valence-electron chi connectivity index (χ3n) is 4.84. The van der Waals surface area contributed by atoms with Crippen molar-refractivity contribution < 1.29 is 8.42 Å². The second-order valence-electron chi connectivity index (χ2n) is 6.35. The number of hydrogen-bond acceptors (Lipinski definition) is 4. The summed E-state index contributed by atoms with van der Waals surface area (Å²) in [5.41, 5.74) is 0.231. The largest absolute Gasteiger partial charge is 0.311 e. The highest BCUT2D eigenvalue weighted by molar-refractivity contribution is 7.90. The van der Waals surface area contributed by atoms with Crippen LogP contribution in [0.25, 0.3) is 0 Å². The lowest BCUT2D eigenvalue weighted by atomic mass is 9.78. The molecule has 1 atom stereocenters. The van der Waals surface area contributed by atoms with Crippen molar-refractivity contribution in [1.29, 1.82) is 0 Å². The van der Waals surface area contributed by atoms with Gasteiger partial charge in [0.25, 0.3) is 0 Å². The van der Waals surface area contributed by atoms with Crippen LogP contribution in [-0.4, -0.2) is 56.5 Å². The first-order valence-electron chi connectivity index (χ1n) is 7.61. The summed E-state index contributed by atoms with van der Waals surface area (Å²) in [4.78, 5) is 2.48. The number of sulfone groups is 1. The van der Waals surface area contributed by atoms with Crippen molar-refractivity contribution >= 4 is 9.84 Å². The van der Waals surface area contributed by atoms with Crippen LogP contribution in [-0.2, 0) is 9.84 Å². The molecule has 1 saturated heterocycles. The highest BCUT2D eigenvalue weighted by atomic mass is 32.2. The average molecular weight is 288 g/mol. The topological polar surface area (TPSA) is 49.4 Å². The lowest BCUT2D eigenvalue weighted by molar-refractivity contribution is 0.0142. The van der Waals surface area contributed by atoms with Crippen molar-refractivity contribution in [3.63, 3.8) is 0 Å². The zero-order valence-electron chi connectivity index (χ0n) is 12.3. The molecule has 0 bridgehead atoms. The van der Waals surface area contributed by atoms with Crippen LogP contribution in [0.4, 0.5) is 0 Å². The standard InChI is InChI=1S/C14H28N2O2S/c1-3-13-11-16(9-10-19(2,17)18)14(12-15-13)7-5-4-6-8-14/h13,15H,3-12H2,1-2H3. The van der Waals surface area contributed by atoms with Crippen molar-refractivity contribution in [2.45, 2.75) is 57.0 Å². The van der Waals surface area contributed by atoms with E-state index in [2.05, 4.69) is 17.1 Å². The van der Waals surface area contributed by atoms with Gasteiger partial charge in [0.05, 0.1) is 5.75 Å². The summed E-state index contributed by atoms with van der Waals surface area (Å²) >= 11 is 0. The SMILES string of the molecule is CCC1CN(CCS(C)(=O)=O)C2(CCCCC2)CN1. The third-order valence-corrected chi connectivity index (χ3v) is 5.76. The van der Waals surface area contributed by atoms with E-state index >= 15 is 0 Å². The Hall–Kier alpha value is -0.130. The third kappa shape index (κ3) is 3.92. The Morgan fingerprint density at radius 2 is 1.95 bits per heavy atom. The molecule has 2 fully saturated rings. The summed E-state index contributed by atoms with van der Waals surface area (Å²) in [5.74, 6) is 0.297. The summed E-state index contributed by atoms with van der Waals surface area (Å²) in [6.07, 6.45) is 8.81. The van der Waals surface area contributed by atoms with Crippen LogP contribution in [0, 0.1) is 0 Å². The minimum atomic E-state index is -2.87. The monoisotopic (exact) mass is 288 g/mol. The van der Waals surface area contributed by atoms with Crippen molar-refractivity contribution in [2.75, 3.05) is 31.6 Å². The minimum absolute atomic E-state index is 0.231. The Morgan fingerprint density at radius 1 is 1.26 bits per heavy atom. The maximum atomic E-state index is 11.5. The molecule has 1 saturated carbocycles. The van der Waals surface area contributed by atoms with Crippen LogP contribution in [0.15, 0.2) is 0 Å². The van der Waals surface area contributed by atoms with E-state index < -0.39 is 9.84 Å². The Bertz CT molecular complexity index is 388. The molecular formula is C14H28N2O2S. The van der Waals surface area contributed by atoms with E-state index in [0.29, 0.717) is 18.3 Å². The van der Waals surface area contributed by atoms with Gasteiger partial charge in [0, 0.05) is 37.5 Å². The average Bonchev–Trinajstić information content (AvgIpc) is 2.38. The fourth-order valence-electron chi connectivity index (χ4n) is 3.55. The van der Waals surface area contributed by atoms with Gasteiger partial charge in [0.15, 0.2) is 0 Å². The molecule has 5 heteroatoms.